The standard InChI is InChI=1S/C39H28N2/c1-39(2)33-17-9-6-14-27(33)30-22-26(20-21-34(30)39)41-36-19-11-8-16-29(36)32-23-37-31(24-38(32)41)28-15-7-10-18-35(28)40(37)25-12-4-3-5-13-25/h3-24H,1-2H3. The minimum Gasteiger partial charge on any atom is -0.309 e. The van der Waals surface area contributed by atoms with Crippen LogP contribution in [0.5, 0.6) is 0 Å². The van der Waals surface area contributed by atoms with Gasteiger partial charge in [0.15, 0.2) is 0 Å². The Morgan fingerprint density at radius 3 is 1.61 bits per heavy atom. The van der Waals surface area contributed by atoms with Crippen molar-refractivity contribution in [1.29, 1.82) is 0 Å². The lowest BCUT2D eigenvalue weighted by Gasteiger charge is -2.21. The first-order valence-electron chi connectivity index (χ1n) is 14.4. The summed E-state index contributed by atoms with van der Waals surface area (Å²) >= 11 is 0. The molecule has 9 rings (SSSR count). The molecule has 6 aromatic carbocycles. The molecular formula is C39H28N2. The van der Waals surface area contributed by atoms with Crippen molar-refractivity contribution in [1.82, 2.24) is 9.13 Å². The number of aromatic nitrogens is 2. The molecule has 8 aromatic rings. The lowest BCUT2D eigenvalue weighted by Crippen LogP contribution is -2.14. The van der Waals surface area contributed by atoms with Crippen LogP contribution in [-0.4, -0.2) is 9.13 Å². The molecule has 2 nitrogen and oxygen atoms in total. The van der Waals surface area contributed by atoms with E-state index in [-0.39, 0.29) is 5.41 Å². The van der Waals surface area contributed by atoms with Crippen molar-refractivity contribution in [3.63, 3.8) is 0 Å². The Kier molecular flexibility index (Phi) is 4.42. The molecule has 1 aliphatic rings. The lowest BCUT2D eigenvalue weighted by atomic mass is 9.82. The highest BCUT2D eigenvalue weighted by Gasteiger charge is 2.35. The van der Waals surface area contributed by atoms with Gasteiger partial charge in [-0.25, -0.2) is 0 Å². The van der Waals surface area contributed by atoms with Gasteiger partial charge in [0, 0.05) is 38.3 Å². The van der Waals surface area contributed by atoms with E-state index < -0.39 is 0 Å². The van der Waals surface area contributed by atoms with Gasteiger partial charge in [0.2, 0.25) is 0 Å². The topological polar surface area (TPSA) is 9.86 Å². The van der Waals surface area contributed by atoms with Crippen LogP contribution in [0.2, 0.25) is 0 Å². The SMILES string of the molecule is CC1(C)c2ccccc2-c2cc(-n3c4ccccc4c4cc5c(cc43)c3ccccc3n5-c3ccccc3)ccc21. The highest BCUT2D eigenvalue weighted by Crippen LogP contribution is 2.49. The quantitative estimate of drug-likeness (QED) is 0.213. The zero-order valence-corrected chi connectivity index (χ0v) is 23.1. The van der Waals surface area contributed by atoms with Gasteiger partial charge in [-0.05, 0) is 70.8 Å². The maximum atomic E-state index is 2.47. The summed E-state index contributed by atoms with van der Waals surface area (Å²) in [5, 5.41) is 5.09. The molecule has 2 heteroatoms. The van der Waals surface area contributed by atoms with Crippen LogP contribution in [0.15, 0.2) is 133 Å². The van der Waals surface area contributed by atoms with Gasteiger partial charge >= 0.3 is 0 Å². The highest BCUT2D eigenvalue weighted by atomic mass is 15.0. The largest absolute Gasteiger partial charge is 0.309 e. The summed E-state index contributed by atoms with van der Waals surface area (Å²) < 4.78 is 4.87. The third-order valence-electron chi connectivity index (χ3n) is 9.31. The minimum atomic E-state index is -0.00326. The van der Waals surface area contributed by atoms with Crippen molar-refractivity contribution in [2.75, 3.05) is 0 Å². The normalized spacial score (nSPS) is 13.8. The molecule has 2 aromatic heterocycles. The van der Waals surface area contributed by atoms with Crippen LogP contribution in [0.25, 0.3) is 66.1 Å². The van der Waals surface area contributed by atoms with E-state index in [0.29, 0.717) is 0 Å². The molecule has 0 saturated heterocycles. The Balaban J connectivity index is 1.39. The van der Waals surface area contributed by atoms with Gasteiger partial charge in [-0.3, -0.25) is 0 Å². The zero-order chi connectivity index (χ0) is 27.3. The van der Waals surface area contributed by atoms with E-state index in [1.807, 2.05) is 0 Å². The molecule has 194 valence electrons. The summed E-state index contributed by atoms with van der Waals surface area (Å²) in [4.78, 5) is 0. The molecule has 41 heavy (non-hydrogen) atoms. The van der Waals surface area contributed by atoms with Crippen LogP contribution in [-0.2, 0) is 5.41 Å². The van der Waals surface area contributed by atoms with Crippen LogP contribution in [0.3, 0.4) is 0 Å². The molecule has 0 unspecified atom stereocenters. The van der Waals surface area contributed by atoms with Crippen LogP contribution in [0.1, 0.15) is 25.0 Å². The van der Waals surface area contributed by atoms with E-state index in [1.165, 1.54) is 77.2 Å². The van der Waals surface area contributed by atoms with E-state index in [4.69, 9.17) is 0 Å². The number of fused-ring (bicyclic) bond motifs is 9. The molecule has 0 saturated carbocycles. The third-order valence-corrected chi connectivity index (χ3v) is 9.31. The second-order valence-corrected chi connectivity index (χ2v) is 11.8. The first-order valence-corrected chi connectivity index (χ1v) is 14.4. The van der Waals surface area contributed by atoms with Crippen molar-refractivity contribution >= 4 is 43.6 Å². The van der Waals surface area contributed by atoms with E-state index >= 15 is 0 Å². The van der Waals surface area contributed by atoms with Gasteiger partial charge in [-0.15, -0.1) is 0 Å². The number of hydrogen-bond donors (Lipinski definition) is 0. The summed E-state index contributed by atoms with van der Waals surface area (Å²) in [6, 6.07) is 49.1. The molecule has 0 bridgehead atoms. The fourth-order valence-electron chi connectivity index (χ4n) is 7.41. The van der Waals surface area contributed by atoms with Crippen molar-refractivity contribution in [3.8, 4) is 22.5 Å². The van der Waals surface area contributed by atoms with E-state index in [1.54, 1.807) is 0 Å². The van der Waals surface area contributed by atoms with E-state index in [2.05, 4.69) is 156 Å². The Labute approximate surface area is 238 Å². The van der Waals surface area contributed by atoms with Crippen LogP contribution in [0, 0.1) is 0 Å². The van der Waals surface area contributed by atoms with Crippen molar-refractivity contribution in [3.05, 3.63) is 145 Å². The minimum absolute atomic E-state index is 0.00326. The van der Waals surface area contributed by atoms with Crippen LogP contribution in [0.4, 0.5) is 0 Å². The molecule has 0 spiro atoms. The van der Waals surface area contributed by atoms with Gasteiger partial charge in [-0.2, -0.15) is 0 Å². The summed E-state index contributed by atoms with van der Waals surface area (Å²) in [6.45, 7) is 4.69. The maximum Gasteiger partial charge on any atom is 0.0548 e. The average molecular weight is 525 g/mol. The van der Waals surface area contributed by atoms with E-state index in [9.17, 15) is 0 Å². The second-order valence-electron chi connectivity index (χ2n) is 11.8. The number of hydrogen-bond acceptors (Lipinski definition) is 0. The number of nitrogens with zero attached hydrogens (tertiary/aromatic N) is 2. The molecule has 2 heterocycles. The first-order chi connectivity index (χ1) is 20.1. The van der Waals surface area contributed by atoms with Gasteiger partial charge in [-0.1, -0.05) is 98.8 Å². The molecular weight excluding hydrogens is 496 g/mol. The lowest BCUT2D eigenvalue weighted by molar-refractivity contribution is 0.660. The summed E-state index contributed by atoms with van der Waals surface area (Å²) in [6.07, 6.45) is 0. The summed E-state index contributed by atoms with van der Waals surface area (Å²) in [7, 11) is 0. The predicted molar refractivity (Wildman–Crippen MR) is 173 cm³/mol. The number of para-hydroxylation sites is 3. The smallest absolute Gasteiger partial charge is 0.0548 e. The van der Waals surface area contributed by atoms with Gasteiger partial charge in [0.05, 0.1) is 22.1 Å². The van der Waals surface area contributed by atoms with Gasteiger partial charge in [0.25, 0.3) is 0 Å². The van der Waals surface area contributed by atoms with Crippen molar-refractivity contribution in [2.24, 2.45) is 0 Å². The van der Waals surface area contributed by atoms with Crippen molar-refractivity contribution < 1.29 is 0 Å². The molecule has 0 fully saturated rings. The first kappa shape index (κ1) is 22.7. The molecule has 1 aliphatic carbocycles. The van der Waals surface area contributed by atoms with Crippen LogP contribution < -0.4 is 0 Å². The highest BCUT2D eigenvalue weighted by molar-refractivity contribution is 6.19. The van der Waals surface area contributed by atoms with Gasteiger partial charge in [0.1, 0.15) is 0 Å². The fraction of sp³-hybridized carbons (Fsp3) is 0.0769. The van der Waals surface area contributed by atoms with Crippen LogP contribution >= 0.6 is 0 Å². The Bertz CT molecular complexity index is 2330. The van der Waals surface area contributed by atoms with E-state index in [0.717, 1.165) is 0 Å². The summed E-state index contributed by atoms with van der Waals surface area (Å²) in [5.74, 6) is 0. The number of benzene rings is 6. The van der Waals surface area contributed by atoms with Crippen molar-refractivity contribution in [2.45, 2.75) is 19.3 Å². The molecule has 0 N–H and O–H groups in total. The predicted octanol–water partition coefficient (Wildman–Crippen LogP) is 10.2. The molecule has 0 amide bonds. The monoisotopic (exact) mass is 524 g/mol. The number of rotatable bonds is 2. The Hall–Kier alpha value is -5.08. The summed E-state index contributed by atoms with van der Waals surface area (Å²) in [5.41, 5.74) is 12.8. The average Bonchev–Trinajstić information content (AvgIpc) is 3.60. The fourth-order valence-corrected chi connectivity index (χ4v) is 7.41. The maximum absolute atomic E-state index is 2.47. The molecule has 0 atom stereocenters. The second kappa shape index (κ2) is 7.99. The Morgan fingerprint density at radius 2 is 0.927 bits per heavy atom. The van der Waals surface area contributed by atoms with Gasteiger partial charge < -0.3 is 9.13 Å². The zero-order valence-electron chi connectivity index (χ0n) is 23.1. The molecule has 0 radical (unpaired) electrons. The molecule has 0 aliphatic heterocycles. The Morgan fingerprint density at radius 1 is 0.390 bits per heavy atom. The third kappa shape index (κ3) is 2.97.